The van der Waals surface area contributed by atoms with Gasteiger partial charge in [-0.1, -0.05) is 11.2 Å². The Balaban J connectivity index is 1.48. The second-order valence-corrected chi connectivity index (χ2v) is 7.00. The van der Waals surface area contributed by atoms with Gasteiger partial charge in [-0.05, 0) is 25.1 Å². The molecule has 4 aromatic rings. The molecule has 0 bridgehead atoms. The summed E-state index contributed by atoms with van der Waals surface area (Å²) in [5, 5.41) is 12.9. The van der Waals surface area contributed by atoms with Gasteiger partial charge in [-0.25, -0.2) is 9.37 Å². The molecule has 4 rings (SSSR count). The lowest BCUT2D eigenvalue weighted by Gasteiger charge is -2.06. The van der Waals surface area contributed by atoms with Crippen LogP contribution in [-0.4, -0.2) is 25.8 Å². The Morgan fingerprint density at radius 1 is 1.38 bits per heavy atom. The van der Waals surface area contributed by atoms with Gasteiger partial charge < -0.3 is 9.26 Å². The van der Waals surface area contributed by atoms with Crippen LogP contribution in [0.4, 0.5) is 9.52 Å². The molecule has 0 aliphatic rings. The summed E-state index contributed by atoms with van der Waals surface area (Å²) in [6, 6.07) is 7.59. The molecule has 10 heteroatoms. The maximum Gasteiger partial charge on any atom is 0.280 e. The third-order valence-electron chi connectivity index (χ3n) is 4.19. The highest BCUT2D eigenvalue weighted by Crippen LogP contribution is 2.25. The maximum atomic E-state index is 13.3. The number of nitrogens with one attached hydrogen (secondary N) is 1. The zero-order valence-corrected chi connectivity index (χ0v) is 16.4. The molecular formula is C19H16FN5O3S. The first-order valence-corrected chi connectivity index (χ1v) is 9.48. The number of carbonyl (C=O) groups is 1. The van der Waals surface area contributed by atoms with E-state index in [4.69, 9.17) is 9.26 Å². The van der Waals surface area contributed by atoms with E-state index in [1.807, 2.05) is 18.5 Å². The highest BCUT2D eigenvalue weighted by Gasteiger charge is 2.22. The van der Waals surface area contributed by atoms with Crippen LogP contribution in [-0.2, 0) is 13.7 Å². The quantitative estimate of drug-likeness (QED) is 0.516. The fourth-order valence-corrected chi connectivity index (χ4v) is 3.38. The number of thiazole rings is 1. The van der Waals surface area contributed by atoms with E-state index >= 15 is 0 Å². The number of amides is 1. The summed E-state index contributed by atoms with van der Waals surface area (Å²) in [5.74, 6) is -0.0833. The average Bonchev–Trinajstić information content (AvgIpc) is 3.40. The number of carbonyl (C=O) groups excluding carboxylic acids is 1. The van der Waals surface area contributed by atoms with Crippen molar-refractivity contribution >= 4 is 22.4 Å². The molecule has 0 spiro atoms. The Labute approximate surface area is 168 Å². The minimum Gasteiger partial charge on any atom is -0.489 e. The Morgan fingerprint density at radius 2 is 2.24 bits per heavy atom. The first-order valence-electron chi connectivity index (χ1n) is 8.60. The second kappa shape index (κ2) is 7.84. The Hall–Kier alpha value is -3.53. The zero-order chi connectivity index (χ0) is 20.4. The molecule has 3 aromatic heterocycles. The summed E-state index contributed by atoms with van der Waals surface area (Å²) >= 11 is 1.29. The van der Waals surface area contributed by atoms with E-state index in [0.717, 1.165) is 5.69 Å². The molecule has 0 radical (unpaired) electrons. The van der Waals surface area contributed by atoms with Crippen LogP contribution in [0.3, 0.4) is 0 Å². The van der Waals surface area contributed by atoms with Crippen LogP contribution in [0.25, 0.3) is 11.4 Å². The predicted octanol–water partition coefficient (Wildman–Crippen LogP) is 3.81. The molecule has 0 saturated carbocycles. The predicted molar refractivity (Wildman–Crippen MR) is 104 cm³/mol. The van der Waals surface area contributed by atoms with E-state index in [0.29, 0.717) is 27.9 Å². The molecule has 1 amide bonds. The first kappa shape index (κ1) is 18.8. The monoisotopic (exact) mass is 413 g/mol. The zero-order valence-electron chi connectivity index (χ0n) is 15.5. The van der Waals surface area contributed by atoms with Crippen LogP contribution >= 0.6 is 11.3 Å². The van der Waals surface area contributed by atoms with Gasteiger partial charge in [-0.3, -0.25) is 14.8 Å². The molecule has 1 aromatic carbocycles. The van der Waals surface area contributed by atoms with Crippen molar-refractivity contribution in [2.45, 2.75) is 13.5 Å². The van der Waals surface area contributed by atoms with Crippen molar-refractivity contribution in [3.8, 4) is 17.1 Å². The number of ether oxygens (including phenoxy) is 1. The van der Waals surface area contributed by atoms with Crippen LogP contribution in [0.2, 0.25) is 0 Å². The molecule has 0 fully saturated rings. The van der Waals surface area contributed by atoms with E-state index in [-0.39, 0.29) is 12.3 Å². The summed E-state index contributed by atoms with van der Waals surface area (Å²) in [5.41, 5.74) is 2.12. The third-order valence-corrected chi connectivity index (χ3v) is 4.94. The molecule has 29 heavy (non-hydrogen) atoms. The van der Waals surface area contributed by atoms with Crippen molar-refractivity contribution in [3.63, 3.8) is 0 Å². The minimum atomic E-state index is -0.467. The van der Waals surface area contributed by atoms with Crippen LogP contribution in [0.1, 0.15) is 21.8 Å². The largest absolute Gasteiger partial charge is 0.489 e. The number of halogens is 1. The Kier molecular flexibility index (Phi) is 5.09. The topological polar surface area (TPSA) is 95.1 Å². The van der Waals surface area contributed by atoms with Gasteiger partial charge in [-0.15, -0.1) is 11.3 Å². The second-order valence-electron chi connectivity index (χ2n) is 6.14. The molecule has 0 unspecified atom stereocenters. The summed E-state index contributed by atoms with van der Waals surface area (Å²) in [7, 11) is 1.82. The molecule has 0 atom stereocenters. The smallest absolute Gasteiger partial charge is 0.280 e. The van der Waals surface area contributed by atoms with Gasteiger partial charge >= 0.3 is 0 Å². The van der Waals surface area contributed by atoms with Crippen molar-refractivity contribution in [3.05, 3.63) is 64.7 Å². The Bertz CT molecular complexity index is 1170. The number of aromatic nitrogens is 4. The highest BCUT2D eigenvalue weighted by molar-refractivity contribution is 7.14. The molecule has 8 nitrogen and oxygen atoms in total. The molecule has 1 N–H and O–H groups in total. The lowest BCUT2D eigenvalue weighted by atomic mass is 10.2. The average molecular weight is 413 g/mol. The number of aryl methyl sites for hydroxylation is 2. The van der Waals surface area contributed by atoms with Crippen molar-refractivity contribution in [2.24, 2.45) is 7.05 Å². The van der Waals surface area contributed by atoms with E-state index < -0.39 is 11.7 Å². The van der Waals surface area contributed by atoms with Gasteiger partial charge in [-0.2, -0.15) is 5.10 Å². The van der Waals surface area contributed by atoms with Crippen LogP contribution in [0, 0.1) is 12.7 Å². The Morgan fingerprint density at radius 3 is 3.00 bits per heavy atom. The normalized spacial score (nSPS) is 10.9. The standard InChI is InChI=1S/C19H16FN5O3S/c1-11-14(9-27-13-5-3-4-12(20)8-13)17(24-28-11)18(26)23-19-22-15(10-29-19)16-6-7-21-25(16)2/h3-8,10H,9H2,1-2H3,(H,22,23,26). The van der Waals surface area contributed by atoms with Crippen LogP contribution < -0.4 is 10.1 Å². The number of hydrogen-bond acceptors (Lipinski definition) is 7. The lowest BCUT2D eigenvalue weighted by molar-refractivity contribution is 0.101. The van der Waals surface area contributed by atoms with Gasteiger partial charge in [0.15, 0.2) is 10.8 Å². The third kappa shape index (κ3) is 4.02. The molecule has 3 heterocycles. The number of anilines is 1. The number of benzene rings is 1. The van der Waals surface area contributed by atoms with E-state index in [9.17, 15) is 9.18 Å². The van der Waals surface area contributed by atoms with Crippen molar-refractivity contribution in [1.29, 1.82) is 0 Å². The fraction of sp³-hybridized carbons (Fsp3) is 0.158. The number of nitrogens with zero attached hydrogens (tertiary/aromatic N) is 4. The van der Waals surface area contributed by atoms with Gasteiger partial charge in [0, 0.05) is 24.7 Å². The van der Waals surface area contributed by atoms with Crippen molar-refractivity contribution < 1.29 is 18.4 Å². The minimum absolute atomic E-state index is 0.0136. The maximum absolute atomic E-state index is 13.3. The van der Waals surface area contributed by atoms with Gasteiger partial charge in [0.05, 0.1) is 11.3 Å². The van der Waals surface area contributed by atoms with Crippen LogP contribution in [0.5, 0.6) is 5.75 Å². The highest BCUT2D eigenvalue weighted by atomic mass is 32.1. The van der Waals surface area contributed by atoms with Crippen LogP contribution in [0.15, 0.2) is 46.4 Å². The van der Waals surface area contributed by atoms with E-state index in [1.165, 1.54) is 23.5 Å². The molecule has 0 aliphatic carbocycles. The van der Waals surface area contributed by atoms with Gasteiger partial charge in [0.1, 0.15) is 29.6 Å². The molecule has 0 saturated heterocycles. The SMILES string of the molecule is Cc1onc(C(=O)Nc2nc(-c3ccnn3C)cs2)c1COc1cccc(F)c1. The molecule has 148 valence electrons. The molecular weight excluding hydrogens is 397 g/mol. The molecule has 0 aliphatic heterocycles. The van der Waals surface area contributed by atoms with Crippen molar-refractivity contribution in [1.82, 2.24) is 19.9 Å². The number of rotatable bonds is 6. The fourth-order valence-electron chi connectivity index (χ4n) is 2.68. The van der Waals surface area contributed by atoms with Crippen molar-refractivity contribution in [2.75, 3.05) is 5.32 Å². The summed E-state index contributed by atoms with van der Waals surface area (Å²) < 4.78 is 25.7. The summed E-state index contributed by atoms with van der Waals surface area (Å²) in [6.45, 7) is 1.69. The van der Waals surface area contributed by atoms with Gasteiger partial charge in [0.25, 0.3) is 5.91 Å². The summed E-state index contributed by atoms with van der Waals surface area (Å²) in [4.78, 5) is 17.1. The van der Waals surface area contributed by atoms with E-state index in [2.05, 4.69) is 20.6 Å². The van der Waals surface area contributed by atoms with E-state index in [1.54, 1.807) is 29.9 Å². The lowest BCUT2D eigenvalue weighted by Crippen LogP contribution is -2.15. The first-order chi connectivity index (χ1) is 14.0. The van der Waals surface area contributed by atoms with Gasteiger partial charge in [0.2, 0.25) is 0 Å². The number of hydrogen-bond donors (Lipinski definition) is 1. The summed E-state index contributed by atoms with van der Waals surface area (Å²) in [6.07, 6.45) is 1.68.